The van der Waals surface area contributed by atoms with Gasteiger partial charge in [0, 0.05) is 6.04 Å². The number of hydrogen-bond acceptors (Lipinski definition) is 2. The van der Waals surface area contributed by atoms with Crippen molar-refractivity contribution in [3.63, 3.8) is 0 Å². The number of rotatable bonds is 5. The zero-order chi connectivity index (χ0) is 15.5. The van der Waals surface area contributed by atoms with Crippen LogP contribution in [0.15, 0.2) is 0 Å². The summed E-state index contributed by atoms with van der Waals surface area (Å²) in [5.74, 6) is 1.63. The second-order valence-electron chi connectivity index (χ2n) is 8.69. The molecule has 2 nitrogen and oxygen atoms in total. The maximum Gasteiger partial charge on any atom is 0.0734 e. The minimum absolute atomic E-state index is 0.436. The average Bonchev–Trinajstić information content (AvgIpc) is 2.35. The van der Waals surface area contributed by atoms with Gasteiger partial charge in [-0.2, -0.15) is 0 Å². The third-order valence-electron chi connectivity index (χ3n) is 5.42. The molecule has 2 saturated carbocycles. The van der Waals surface area contributed by atoms with Crippen LogP contribution >= 0.6 is 0 Å². The zero-order valence-corrected chi connectivity index (χ0v) is 15.0. The summed E-state index contributed by atoms with van der Waals surface area (Å²) < 4.78 is 6.66. The molecule has 0 saturated heterocycles. The standard InChI is InChI=1S/C19H37NO/c1-6-9-20-17-8-7-14(2)11-18(17)21-16-10-15(3)12-19(4,5)13-16/h14-18,20H,6-13H2,1-5H3. The molecule has 5 unspecified atom stereocenters. The van der Waals surface area contributed by atoms with E-state index in [4.69, 9.17) is 4.74 Å². The van der Waals surface area contributed by atoms with Gasteiger partial charge in [0.25, 0.3) is 0 Å². The third-order valence-corrected chi connectivity index (χ3v) is 5.42. The fourth-order valence-corrected chi connectivity index (χ4v) is 4.65. The van der Waals surface area contributed by atoms with Gasteiger partial charge in [0.05, 0.1) is 12.2 Å². The molecule has 124 valence electrons. The van der Waals surface area contributed by atoms with Crippen LogP contribution in [0.1, 0.15) is 79.6 Å². The van der Waals surface area contributed by atoms with Gasteiger partial charge in [0.2, 0.25) is 0 Å². The Hall–Kier alpha value is -0.0800. The van der Waals surface area contributed by atoms with Crippen LogP contribution in [-0.4, -0.2) is 24.8 Å². The fraction of sp³-hybridized carbons (Fsp3) is 1.00. The van der Waals surface area contributed by atoms with Crippen molar-refractivity contribution in [1.29, 1.82) is 0 Å². The molecule has 21 heavy (non-hydrogen) atoms. The third kappa shape index (κ3) is 5.25. The second-order valence-corrected chi connectivity index (χ2v) is 8.69. The molecule has 0 heterocycles. The van der Waals surface area contributed by atoms with Crippen LogP contribution in [0.3, 0.4) is 0 Å². The predicted molar refractivity (Wildman–Crippen MR) is 90.6 cm³/mol. The Kier molecular flexibility index (Phi) is 6.14. The highest BCUT2D eigenvalue weighted by molar-refractivity contribution is 4.88. The van der Waals surface area contributed by atoms with Crippen molar-refractivity contribution in [1.82, 2.24) is 5.32 Å². The Labute approximate surface area is 132 Å². The lowest BCUT2D eigenvalue weighted by Gasteiger charge is -2.43. The molecule has 0 aromatic rings. The first kappa shape index (κ1) is 17.3. The topological polar surface area (TPSA) is 21.3 Å². The van der Waals surface area contributed by atoms with Crippen LogP contribution in [-0.2, 0) is 4.74 Å². The van der Waals surface area contributed by atoms with E-state index < -0.39 is 0 Å². The minimum atomic E-state index is 0.436. The van der Waals surface area contributed by atoms with Crippen LogP contribution in [0.25, 0.3) is 0 Å². The van der Waals surface area contributed by atoms with E-state index in [-0.39, 0.29) is 0 Å². The van der Waals surface area contributed by atoms with E-state index >= 15 is 0 Å². The summed E-state index contributed by atoms with van der Waals surface area (Å²) in [6.07, 6.45) is 9.86. The Morgan fingerprint density at radius 2 is 1.81 bits per heavy atom. The molecule has 0 aromatic heterocycles. The molecule has 2 rings (SSSR count). The molecule has 5 atom stereocenters. The molecule has 0 amide bonds. The quantitative estimate of drug-likeness (QED) is 0.788. The Morgan fingerprint density at radius 3 is 2.48 bits per heavy atom. The van der Waals surface area contributed by atoms with Gasteiger partial charge in [-0.25, -0.2) is 0 Å². The summed E-state index contributed by atoms with van der Waals surface area (Å²) >= 11 is 0. The van der Waals surface area contributed by atoms with Gasteiger partial charge in [-0.3, -0.25) is 0 Å². The van der Waals surface area contributed by atoms with E-state index in [0.29, 0.717) is 23.7 Å². The van der Waals surface area contributed by atoms with Crippen LogP contribution < -0.4 is 5.32 Å². The molecule has 0 spiro atoms. The Morgan fingerprint density at radius 1 is 1.05 bits per heavy atom. The molecule has 2 aliphatic carbocycles. The molecule has 0 aliphatic heterocycles. The molecule has 2 fully saturated rings. The highest BCUT2D eigenvalue weighted by Gasteiger charge is 2.36. The highest BCUT2D eigenvalue weighted by atomic mass is 16.5. The summed E-state index contributed by atoms with van der Waals surface area (Å²) in [5, 5.41) is 3.74. The molecule has 2 heteroatoms. The van der Waals surface area contributed by atoms with Crippen LogP contribution in [0, 0.1) is 17.3 Å². The molecule has 0 aromatic carbocycles. The highest BCUT2D eigenvalue weighted by Crippen LogP contribution is 2.41. The molecule has 1 N–H and O–H groups in total. The van der Waals surface area contributed by atoms with E-state index in [9.17, 15) is 0 Å². The second kappa shape index (κ2) is 7.46. The first-order chi connectivity index (χ1) is 9.89. The van der Waals surface area contributed by atoms with Gasteiger partial charge in [0.15, 0.2) is 0 Å². The van der Waals surface area contributed by atoms with Crippen LogP contribution in [0.5, 0.6) is 0 Å². The molecule has 0 bridgehead atoms. The fourth-order valence-electron chi connectivity index (χ4n) is 4.65. The van der Waals surface area contributed by atoms with Crippen molar-refractivity contribution in [2.75, 3.05) is 6.54 Å². The number of ether oxygens (including phenoxy) is 1. The summed E-state index contributed by atoms with van der Waals surface area (Å²) in [5.41, 5.74) is 0.453. The Balaban J connectivity index is 1.93. The van der Waals surface area contributed by atoms with Gasteiger partial charge in [-0.05, 0) is 68.7 Å². The van der Waals surface area contributed by atoms with Crippen molar-refractivity contribution in [3.8, 4) is 0 Å². The zero-order valence-electron chi connectivity index (χ0n) is 15.0. The van der Waals surface area contributed by atoms with Gasteiger partial charge >= 0.3 is 0 Å². The van der Waals surface area contributed by atoms with E-state index in [2.05, 4.69) is 39.9 Å². The molecule has 0 radical (unpaired) electrons. The first-order valence-corrected chi connectivity index (χ1v) is 9.28. The minimum Gasteiger partial charge on any atom is -0.373 e. The Bertz CT molecular complexity index is 313. The van der Waals surface area contributed by atoms with Gasteiger partial charge in [-0.15, -0.1) is 0 Å². The van der Waals surface area contributed by atoms with Crippen molar-refractivity contribution in [2.45, 2.75) is 97.8 Å². The van der Waals surface area contributed by atoms with E-state index in [1.165, 1.54) is 44.9 Å². The van der Waals surface area contributed by atoms with Gasteiger partial charge < -0.3 is 10.1 Å². The molecular weight excluding hydrogens is 258 g/mol. The maximum absolute atomic E-state index is 6.66. The van der Waals surface area contributed by atoms with E-state index in [0.717, 1.165) is 18.4 Å². The monoisotopic (exact) mass is 295 g/mol. The lowest BCUT2D eigenvalue weighted by molar-refractivity contribution is -0.0937. The lowest BCUT2D eigenvalue weighted by Crippen LogP contribution is -2.48. The van der Waals surface area contributed by atoms with E-state index in [1.807, 2.05) is 0 Å². The predicted octanol–water partition coefficient (Wildman–Crippen LogP) is 4.77. The van der Waals surface area contributed by atoms with Gasteiger partial charge in [0.1, 0.15) is 0 Å². The van der Waals surface area contributed by atoms with Crippen molar-refractivity contribution < 1.29 is 4.74 Å². The van der Waals surface area contributed by atoms with Crippen LogP contribution in [0.2, 0.25) is 0 Å². The lowest BCUT2D eigenvalue weighted by atomic mass is 9.71. The maximum atomic E-state index is 6.66. The average molecular weight is 296 g/mol. The van der Waals surface area contributed by atoms with Crippen LogP contribution in [0.4, 0.5) is 0 Å². The number of nitrogens with one attached hydrogen (secondary N) is 1. The van der Waals surface area contributed by atoms with Crippen molar-refractivity contribution >= 4 is 0 Å². The van der Waals surface area contributed by atoms with Crippen molar-refractivity contribution in [3.05, 3.63) is 0 Å². The van der Waals surface area contributed by atoms with Crippen molar-refractivity contribution in [2.24, 2.45) is 17.3 Å². The summed E-state index contributed by atoms with van der Waals surface area (Å²) in [7, 11) is 0. The summed E-state index contributed by atoms with van der Waals surface area (Å²) in [4.78, 5) is 0. The molecular formula is C19H37NO. The SMILES string of the molecule is CCCNC1CCC(C)CC1OC1CC(C)CC(C)(C)C1. The largest absolute Gasteiger partial charge is 0.373 e. The summed E-state index contributed by atoms with van der Waals surface area (Å²) in [6.45, 7) is 13.0. The normalized spacial score (nSPS) is 40.1. The molecule has 2 aliphatic rings. The van der Waals surface area contributed by atoms with E-state index in [1.54, 1.807) is 0 Å². The smallest absolute Gasteiger partial charge is 0.0734 e. The summed E-state index contributed by atoms with van der Waals surface area (Å²) in [6, 6.07) is 0.585. The van der Waals surface area contributed by atoms with Gasteiger partial charge in [-0.1, -0.05) is 34.6 Å². The first-order valence-electron chi connectivity index (χ1n) is 9.28. The number of hydrogen-bond donors (Lipinski definition) is 1.